The number of aromatic nitrogens is 1. The number of carbonyl (C=O) groups is 1. The van der Waals surface area contributed by atoms with Crippen LogP contribution in [-0.2, 0) is 12.8 Å². The molecule has 5 nitrogen and oxygen atoms in total. The lowest BCUT2D eigenvalue weighted by Crippen LogP contribution is -2.28. The van der Waals surface area contributed by atoms with E-state index in [0.717, 1.165) is 44.7 Å². The van der Waals surface area contributed by atoms with Crippen LogP contribution in [-0.4, -0.2) is 37.6 Å². The smallest absolute Gasteiger partial charge is 0.252 e. The molecule has 114 valence electrons. The Bertz CT molecular complexity index is 543. The molecule has 0 spiro atoms. The summed E-state index contributed by atoms with van der Waals surface area (Å²) in [7, 11) is 1.98. The average Bonchev–Trinajstić information content (AvgIpc) is 2.94. The quantitative estimate of drug-likeness (QED) is 0.870. The molecule has 2 heterocycles. The van der Waals surface area contributed by atoms with E-state index in [-0.39, 0.29) is 5.91 Å². The van der Waals surface area contributed by atoms with E-state index < -0.39 is 0 Å². The van der Waals surface area contributed by atoms with Gasteiger partial charge in [0.25, 0.3) is 5.91 Å². The fourth-order valence-corrected chi connectivity index (χ4v) is 3.53. The highest BCUT2D eigenvalue weighted by molar-refractivity contribution is 5.98. The van der Waals surface area contributed by atoms with Gasteiger partial charge in [-0.1, -0.05) is 0 Å². The number of nitrogens with two attached hydrogens (primary N) is 1. The van der Waals surface area contributed by atoms with E-state index in [1.807, 2.05) is 13.1 Å². The molecule has 3 rings (SSSR count). The third-order valence-corrected chi connectivity index (χ3v) is 4.62. The first-order valence-electron chi connectivity index (χ1n) is 7.91. The van der Waals surface area contributed by atoms with Gasteiger partial charge in [-0.25, -0.2) is 4.98 Å². The zero-order valence-corrected chi connectivity index (χ0v) is 12.7. The molecule has 1 amide bonds. The first-order chi connectivity index (χ1) is 10.2. The number of pyridine rings is 1. The van der Waals surface area contributed by atoms with E-state index in [4.69, 9.17) is 10.7 Å². The largest absolute Gasteiger partial charge is 0.365 e. The maximum absolute atomic E-state index is 11.8. The number of nitrogens with zero attached hydrogens (tertiary/aromatic N) is 2. The topological polar surface area (TPSA) is 71.2 Å². The Hall–Kier alpha value is -1.62. The van der Waals surface area contributed by atoms with E-state index in [1.165, 1.54) is 24.1 Å². The Labute approximate surface area is 125 Å². The van der Waals surface area contributed by atoms with E-state index in [2.05, 4.69) is 10.2 Å². The number of anilines is 1. The third kappa shape index (κ3) is 2.88. The molecule has 21 heavy (non-hydrogen) atoms. The summed E-state index contributed by atoms with van der Waals surface area (Å²) in [6, 6.07) is 1.99. The number of hydrogen-bond acceptors (Lipinski definition) is 4. The Morgan fingerprint density at radius 3 is 3.05 bits per heavy atom. The zero-order chi connectivity index (χ0) is 14.8. The van der Waals surface area contributed by atoms with Gasteiger partial charge in [0.15, 0.2) is 0 Å². The number of primary amides is 1. The lowest BCUT2D eigenvalue weighted by atomic mass is 9.94. The van der Waals surface area contributed by atoms with E-state index in [9.17, 15) is 4.79 Å². The van der Waals surface area contributed by atoms with Crippen molar-refractivity contribution in [3.8, 4) is 0 Å². The third-order valence-electron chi connectivity index (χ3n) is 4.62. The fourth-order valence-electron chi connectivity index (χ4n) is 3.53. The summed E-state index contributed by atoms with van der Waals surface area (Å²) in [6.07, 6.45) is 5.55. The van der Waals surface area contributed by atoms with Crippen molar-refractivity contribution in [1.82, 2.24) is 10.3 Å². The van der Waals surface area contributed by atoms with Gasteiger partial charge in [-0.15, -0.1) is 0 Å². The van der Waals surface area contributed by atoms with Crippen molar-refractivity contribution >= 4 is 11.7 Å². The molecular weight excluding hydrogens is 264 g/mol. The van der Waals surface area contributed by atoms with Crippen LogP contribution in [0.2, 0.25) is 0 Å². The molecular formula is C16H24N4O. The van der Waals surface area contributed by atoms with Crippen LogP contribution in [0.4, 0.5) is 5.82 Å². The van der Waals surface area contributed by atoms with Gasteiger partial charge in [-0.3, -0.25) is 4.79 Å². The van der Waals surface area contributed by atoms with Crippen LogP contribution in [0.1, 0.15) is 40.9 Å². The normalized spacial score (nSPS) is 21.4. The Morgan fingerprint density at radius 1 is 1.48 bits per heavy atom. The predicted molar refractivity (Wildman–Crippen MR) is 83.6 cm³/mol. The molecule has 1 aliphatic carbocycles. The number of amides is 1. The highest BCUT2D eigenvalue weighted by Crippen LogP contribution is 2.29. The lowest BCUT2D eigenvalue weighted by molar-refractivity contribution is 0.100. The maximum Gasteiger partial charge on any atom is 0.252 e. The molecule has 0 aromatic carbocycles. The van der Waals surface area contributed by atoms with E-state index >= 15 is 0 Å². The number of aryl methyl sites for hydroxylation is 2. The summed E-state index contributed by atoms with van der Waals surface area (Å²) >= 11 is 0. The average molecular weight is 288 g/mol. The van der Waals surface area contributed by atoms with Crippen molar-refractivity contribution in [1.29, 1.82) is 0 Å². The maximum atomic E-state index is 11.8. The summed E-state index contributed by atoms with van der Waals surface area (Å²) in [5.41, 5.74) is 8.57. The second-order valence-electron chi connectivity index (χ2n) is 6.20. The SMILES string of the molecule is CNCC1CCN(c2nc3c(cc2C(N)=O)CCCC3)C1. The van der Waals surface area contributed by atoms with Crippen molar-refractivity contribution in [3.63, 3.8) is 0 Å². The van der Waals surface area contributed by atoms with E-state index in [1.54, 1.807) is 0 Å². The Balaban J connectivity index is 1.91. The minimum atomic E-state index is -0.358. The van der Waals surface area contributed by atoms with Crippen molar-refractivity contribution < 1.29 is 4.79 Å². The van der Waals surface area contributed by atoms with E-state index in [0.29, 0.717) is 11.5 Å². The van der Waals surface area contributed by atoms with Gasteiger partial charge in [-0.2, -0.15) is 0 Å². The molecule has 3 N–H and O–H groups in total. The van der Waals surface area contributed by atoms with Crippen molar-refractivity contribution in [2.24, 2.45) is 11.7 Å². The molecule has 1 fully saturated rings. The molecule has 5 heteroatoms. The van der Waals surface area contributed by atoms with Gasteiger partial charge in [0, 0.05) is 18.8 Å². The van der Waals surface area contributed by atoms with Crippen LogP contribution >= 0.6 is 0 Å². The van der Waals surface area contributed by atoms with Crippen LogP contribution in [0.3, 0.4) is 0 Å². The molecule has 1 aromatic rings. The molecule has 1 atom stereocenters. The molecule has 1 saturated heterocycles. The summed E-state index contributed by atoms with van der Waals surface area (Å²) < 4.78 is 0. The standard InChI is InChI=1S/C16H24N4O/c1-18-9-11-6-7-20(10-11)16-13(15(17)21)8-12-4-2-3-5-14(12)19-16/h8,11,18H,2-7,9-10H2,1H3,(H2,17,21). The van der Waals surface area contributed by atoms with Crippen molar-refractivity contribution in [2.75, 3.05) is 31.6 Å². The molecule has 1 aromatic heterocycles. The minimum absolute atomic E-state index is 0.358. The number of nitrogens with one attached hydrogen (secondary N) is 1. The molecule has 0 saturated carbocycles. The Kier molecular flexibility index (Phi) is 4.10. The summed E-state index contributed by atoms with van der Waals surface area (Å²) in [5, 5.41) is 3.23. The highest BCUT2D eigenvalue weighted by atomic mass is 16.1. The first-order valence-corrected chi connectivity index (χ1v) is 7.91. The Morgan fingerprint density at radius 2 is 2.29 bits per heavy atom. The summed E-state index contributed by atoms with van der Waals surface area (Å²) in [5.74, 6) is 1.07. The van der Waals surface area contributed by atoms with Crippen LogP contribution in [0, 0.1) is 5.92 Å². The lowest BCUT2D eigenvalue weighted by Gasteiger charge is -2.24. The van der Waals surface area contributed by atoms with Gasteiger partial charge in [0.1, 0.15) is 5.82 Å². The monoisotopic (exact) mass is 288 g/mol. The van der Waals surface area contributed by atoms with Crippen LogP contribution in [0.25, 0.3) is 0 Å². The molecule has 0 bridgehead atoms. The number of hydrogen-bond donors (Lipinski definition) is 2. The molecule has 1 unspecified atom stereocenters. The van der Waals surface area contributed by atoms with Crippen molar-refractivity contribution in [2.45, 2.75) is 32.1 Å². The van der Waals surface area contributed by atoms with Gasteiger partial charge < -0.3 is 16.0 Å². The zero-order valence-electron chi connectivity index (χ0n) is 12.7. The van der Waals surface area contributed by atoms with Gasteiger partial charge in [-0.05, 0) is 63.2 Å². The van der Waals surface area contributed by atoms with Crippen LogP contribution in [0.5, 0.6) is 0 Å². The van der Waals surface area contributed by atoms with Gasteiger partial charge in [0.05, 0.1) is 5.56 Å². The van der Waals surface area contributed by atoms with Crippen LogP contribution in [0.15, 0.2) is 6.07 Å². The number of rotatable bonds is 4. The highest BCUT2D eigenvalue weighted by Gasteiger charge is 2.27. The molecule has 2 aliphatic rings. The number of carbonyl (C=O) groups excluding carboxylic acids is 1. The first kappa shape index (κ1) is 14.3. The summed E-state index contributed by atoms with van der Waals surface area (Å²) in [4.78, 5) is 18.9. The second kappa shape index (κ2) is 6.02. The molecule has 0 radical (unpaired) electrons. The number of fused-ring (bicyclic) bond motifs is 1. The summed E-state index contributed by atoms with van der Waals surface area (Å²) in [6.45, 7) is 2.92. The van der Waals surface area contributed by atoms with Gasteiger partial charge >= 0.3 is 0 Å². The van der Waals surface area contributed by atoms with Crippen LogP contribution < -0.4 is 16.0 Å². The fraction of sp³-hybridized carbons (Fsp3) is 0.625. The predicted octanol–water partition coefficient (Wildman–Crippen LogP) is 1.10. The molecule has 1 aliphatic heterocycles. The second-order valence-corrected chi connectivity index (χ2v) is 6.20. The van der Waals surface area contributed by atoms with Gasteiger partial charge in [0.2, 0.25) is 0 Å². The minimum Gasteiger partial charge on any atom is -0.365 e. The van der Waals surface area contributed by atoms with Crippen molar-refractivity contribution in [3.05, 3.63) is 22.9 Å².